The summed E-state index contributed by atoms with van der Waals surface area (Å²) in [6.45, 7) is 15.0. The topological polar surface area (TPSA) is 303 Å². The van der Waals surface area contributed by atoms with Crippen molar-refractivity contribution >= 4 is 76.6 Å². The van der Waals surface area contributed by atoms with Gasteiger partial charge in [-0.1, -0.05) is 57.9 Å². The number of carbonyl (C=O) groups is 9. The second-order valence-electron chi connectivity index (χ2n) is 24.5. The molecule has 5 aliphatic rings. The van der Waals surface area contributed by atoms with E-state index >= 15 is 0 Å². The normalized spacial score (nSPS) is 19.2. The Morgan fingerprint density at radius 1 is 0.722 bits per heavy atom. The van der Waals surface area contributed by atoms with Crippen LogP contribution in [0.2, 0.25) is 0 Å². The number of carbonyl (C=O) groups excluding carboxylic acids is 9. The Hall–Kier alpha value is -8.84. The van der Waals surface area contributed by atoms with E-state index in [0.717, 1.165) is 27.4 Å². The van der Waals surface area contributed by atoms with Crippen LogP contribution in [0, 0.1) is 17.3 Å². The van der Waals surface area contributed by atoms with Crippen molar-refractivity contribution in [3.8, 4) is 23.0 Å². The van der Waals surface area contributed by atoms with Gasteiger partial charge in [-0.3, -0.25) is 48.2 Å². The van der Waals surface area contributed by atoms with E-state index in [1.54, 1.807) is 67.6 Å². The summed E-state index contributed by atoms with van der Waals surface area (Å²) >= 11 is 0. The zero-order valence-electron chi connectivity index (χ0n) is 52.8. The molecule has 0 saturated carbocycles. The number of aliphatic imine (C=N–C) groups is 1. The molecule has 1 unspecified atom stereocenters. The number of nitrogens with zero attached hydrogens (tertiary/aromatic N) is 5. The van der Waals surface area contributed by atoms with Gasteiger partial charge in [0, 0.05) is 68.8 Å². The van der Waals surface area contributed by atoms with Gasteiger partial charge in [-0.15, -0.1) is 0 Å². The molecule has 1 saturated heterocycles. The van der Waals surface area contributed by atoms with Crippen LogP contribution in [0.25, 0.3) is 0 Å². The minimum atomic E-state index is -1.53. The van der Waals surface area contributed by atoms with E-state index in [0.29, 0.717) is 66.3 Å². The molecule has 8 rings (SSSR count). The van der Waals surface area contributed by atoms with Gasteiger partial charge in [-0.05, 0) is 94.0 Å². The van der Waals surface area contributed by atoms with Crippen LogP contribution in [0.3, 0.4) is 0 Å². The minimum absolute atomic E-state index is 0.000114. The Morgan fingerprint density at radius 3 is 2.02 bits per heavy atom. The summed E-state index contributed by atoms with van der Waals surface area (Å²) in [7, 11) is 2.96. The highest BCUT2D eigenvalue weighted by atomic mass is 16.6. The van der Waals surface area contributed by atoms with Gasteiger partial charge in [-0.2, -0.15) is 0 Å². The van der Waals surface area contributed by atoms with Crippen LogP contribution in [-0.4, -0.2) is 164 Å². The minimum Gasteiger partial charge on any atom is -0.493 e. The van der Waals surface area contributed by atoms with Crippen molar-refractivity contribution in [2.24, 2.45) is 22.2 Å². The Kier molecular flexibility index (Phi) is 22.1. The maximum Gasteiger partial charge on any atom is 0.416 e. The van der Waals surface area contributed by atoms with Gasteiger partial charge in [0.15, 0.2) is 29.2 Å². The molecular formula is C65H83N9O16. The monoisotopic (exact) mass is 1250 g/mol. The van der Waals surface area contributed by atoms with E-state index in [-0.39, 0.29) is 123 Å². The molecule has 5 aliphatic heterocycles. The predicted octanol–water partition coefficient (Wildman–Crippen LogP) is 6.68. The number of anilines is 2. The van der Waals surface area contributed by atoms with Gasteiger partial charge in [0.25, 0.3) is 11.8 Å². The van der Waals surface area contributed by atoms with Crippen molar-refractivity contribution in [1.82, 2.24) is 30.7 Å². The second-order valence-corrected chi connectivity index (χ2v) is 24.5. The van der Waals surface area contributed by atoms with Gasteiger partial charge in [-0.25, -0.2) is 9.69 Å². The molecular weight excluding hydrogens is 1160 g/mol. The zero-order valence-corrected chi connectivity index (χ0v) is 52.8. The summed E-state index contributed by atoms with van der Waals surface area (Å²) in [4.78, 5) is 129. The highest BCUT2D eigenvalue weighted by molar-refractivity contribution is 6.07. The van der Waals surface area contributed by atoms with Gasteiger partial charge in [0.05, 0.1) is 81.2 Å². The van der Waals surface area contributed by atoms with Gasteiger partial charge in [0.1, 0.15) is 18.7 Å². The first-order valence-electron chi connectivity index (χ1n) is 30.4. The van der Waals surface area contributed by atoms with E-state index in [1.807, 2.05) is 40.8 Å². The lowest BCUT2D eigenvalue weighted by molar-refractivity contribution is -0.140. The summed E-state index contributed by atoms with van der Waals surface area (Å²) in [5, 5.41) is 22.7. The van der Waals surface area contributed by atoms with Crippen LogP contribution in [0.1, 0.15) is 133 Å². The fourth-order valence-corrected chi connectivity index (χ4v) is 11.1. The van der Waals surface area contributed by atoms with Crippen molar-refractivity contribution in [2.45, 2.75) is 144 Å². The largest absolute Gasteiger partial charge is 0.493 e. The molecule has 3 aromatic carbocycles. The maximum absolute atomic E-state index is 14.2. The smallest absolute Gasteiger partial charge is 0.416 e. The third kappa shape index (κ3) is 16.1. The number of fused-ring (bicyclic) bond motifs is 4. The molecule has 0 aromatic heterocycles. The highest BCUT2D eigenvalue weighted by Crippen LogP contribution is 2.43. The molecule has 25 heteroatoms. The summed E-state index contributed by atoms with van der Waals surface area (Å²) < 4.78 is 35.0. The molecule has 25 nitrogen and oxygen atoms in total. The second kappa shape index (κ2) is 29.6. The first-order chi connectivity index (χ1) is 42.9. The fraction of sp³-hybridized carbons (Fsp3) is 0.508. The lowest BCUT2D eigenvalue weighted by Gasteiger charge is -2.31. The third-order valence-corrected chi connectivity index (χ3v) is 16.2. The van der Waals surface area contributed by atoms with Crippen LogP contribution in [-0.2, 0) is 44.8 Å². The first kappa shape index (κ1) is 67.1. The maximum atomic E-state index is 14.2. The molecule has 90 heavy (non-hydrogen) atoms. The number of hydrogen-bond donors (Lipinski definition) is 5. The summed E-state index contributed by atoms with van der Waals surface area (Å²) in [5.41, 5.74) is 3.52. The number of rotatable bonds is 27. The van der Waals surface area contributed by atoms with Crippen molar-refractivity contribution in [1.29, 1.82) is 0 Å². The predicted molar refractivity (Wildman–Crippen MR) is 331 cm³/mol. The van der Waals surface area contributed by atoms with Gasteiger partial charge in [0.2, 0.25) is 35.4 Å². The average Bonchev–Trinajstić information content (AvgIpc) is 1.74. The molecule has 0 radical (unpaired) electrons. The number of likely N-dealkylation sites (tertiary alicyclic amines) is 1. The molecule has 9 amide bonds. The Balaban J connectivity index is 0.783. The van der Waals surface area contributed by atoms with E-state index in [9.17, 15) is 48.3 Å². The van der Waals surface area contributed by atoms with Crippen LogP contribution in [0.15, 0.2) is 77.1 Å². The number of imide groups is 1. The number of methoxy groups -OCH3 is 2. The van der Waals surface area contributed by atoms with Crippen LogP contribution in [0.4, 0.5) is 21.9 Å². The van der Waals surface area contributed by atoms with E-state index < -0.39 is 60.0 Å². The molecule has 0 bridgehead atoms. The standard InChI is InChI=1S/C65H83N9O16/c1-37(2)57(70-55(76)19-24-87-25-20-66-54(75)18-21-71-56(77)30-46(62(71)82)65(6,7)8)59(79)68-40(5)58(78)69-42-16-14-41(15-17-42)36-90-64(84)74-48-32-53(51(86-10)29-45(48)61(81)73-35-39(4)27-49(73)63(74)83)89-23-13-11-12-22-88-52-31-47-44(28-50(52)85-9)60(80)72-34-38(3)26-43(72)33-67-47/h14-17,28-29,31-35,37,40,43,46,49,57,63,83H,11-13,18-27,30,36H2,1-10H3,(H,66,75)(H,68,79)(H,69,78)(H,70,76)/t40-,43-,46?,49-,57-,63-/m0/s1. The molecule has 5 N–H and O–H groups in total. The molecule has 5 heterocycles. The van der Waals surface area contributed by atoms with Crippen molar-refractivity contribution in [3.05, 3.63) is 88.8 Å². The quantitative estimate of drug-likeness (QED) is 0.0393. The number of unbranched alkanes of at least 4 members (excludes halogenated alkanes) is 2. The van der Waals surface area contributed by atoms with Crippen molar-refractivity contribution in [2.75, 3.05) is 64.0 Å². The number of benzene rings is 3. The SMILES string of the molecule is COc1cc2c(cc1OCCCCCOc1cc3c(cc1OC)C(=O)N1C=C(C)C[C@H]1[C@H](O)N3C(=O)OCc1ccc(NC(=O)[C@H](C)NC(=O)[C@@H](NC(=O)CCOCCNC(=O)CCN3C(=O)CC(C(C)(C)C)C3=O)C(C)C)cc1)N=C[C@@H]1CC(C)=CN1C2=O. The van der Waals surface area contributed by atoms with Crippen LogP contribution in [0.5, 0.6) is 23.0 Å². The van der Waals surface area contributed by atoms with Gasteiger partial charge >= 0.3 is 6.09 Å². The number of ether oxygens (including phenoxy) is 6. The zero-order chi connectivity index (χ0) is 65.1. The summed E-state index contributed by atoms with van der Waals surface area (Å²) in [6.07, 6.45) is 5.76. The number of aliphatic hydroxyl groups is 1. The molecule has 3 aromatic rings. The Bertz CT molecular complexity index is 3320. The molecule has 0 spiro atoms. The van der Waals surface area contributed by atoms with Crippen LogP contribution >= 0.6 is 0 Å². The Morgan fingerprint density at radius 2 is 1.37 bits per heavy atom. The summed E-state index contributed by atoms with van der Waals surface area (Å²) in [5.74, 6) is -2.53. The van der Waals surface area contributed by atoms with E-state index in [4.69, 9.17) is 28.4 Å². The fourth-order valence-electron chi connectivity index (χ4n) is 11.1. The molecule has 0 aliphatic carbocycles. The molecule has 6 atom stereocenters. The lowest BCUT2D eigenvalue weighted by Crippen LogP contribution is -2.53. The Labute approximate surface area is 523 Å². The number of hydrogen-bond acceptors (Lipinski definition) is 17. The average molecular weight is 1250 g/mol. The molecule has 1 fully saturated rings. The van der Waals surface area contributed by atoms with Crippen molar-refractivity contribution < 1.29 is 76.7 Å². The van der Waals surface area contributed by atoms with Gasteiger partial charge < -0.3 is 64.6 Å². The first-order valence-corrected chi connectivity index (χ1v) is 30.4. The van der Waals surface area contributed by atoms with E-state index in [2.05, 4.69) is 26.3 Å². The third-order valence-electron chi connectivity index (χ3n) is 16.2. The number of nitrogens with one attached hydrogen (secondary N) is 4. The number of aliphatic hydroxyl groups excluding tert-OH is 1. The highest BCUT2D eigenvalue weighted by Gasteiger charge is 2.46. The van der Waals surface area contributed by atoms with Crippen LogP contribution < -0.4 is 45.1 Å². The lowest BCUT2D eigenvalue weighted by atomic mass is 9.80. The number of amides is 9. The van der Waals surface area contributed by atoms with E-state index in [1.165, 1.54) is 38.2 Å². The molecule has 484 valence electrons. The van der Waals surface area contributed by atoms with Crippen molar-refractivity contribution in [3.63, 3.8) is 0 Å². The summed E-state index contributed by atoms with van der Waals surface area (Å²) in [6, 6.07) is 9.81.